The Morgan fingerprint density at radius 3 is 2.19 bits per heavy atom. The Morgan fingerprint density at radius 2 is 1.62 bits per heavy atom. The largest absolute Gasteiger partial charge is 0.465 e. The molecule has 0 N–H and O–H groups in total. The van der Waals surface area contributed by atoms with Gasteiger partial charge in [-0.2, -0.15) is 0 Å². The van der Waals surface area contributed by atoms with Crippen molar-refractivity contribution in [2.75, 3.05) is 12.4 Å². The molecule has 0 aliphatic carbocycles. The van der Waals surface area contributed by atoms with Crippen LogP contribution < -0.4 is 0 Å². The third kappa shape index (κ3) is 5.26. The highest BCUT2D eigenvalue weighted by Crippen LogP contribution is 2.17. The number of esters is 1. The number of hydrogen-bond acceptors (Lipinski definition) is 5. The summed E-state index contributed by atoms with van der Waals surface area (Å²) in [6.45, 7) is 3.62. The van der Waals surface area contributed by atoms with Crippen LogP contribution in [0.4, 0.5) is 0 Å². The molecule has 0 saturated heterocycles. The third-order valence-corrected chi connectivity index (χ3v) is 5.61. The first kappa shape index (κ1) is 19.8. The van der Waals surface area contributed by atoms with Gasteiger partial charge in [0.2, 0.25) is 0 Å². The minimum Gasteiger partial charge on any atom is -0.465 e. The molecule has 0 aliphatic rings. The predicted octanol–water partition coefficient (Wildman–Crippen LogP) is 2.76. The van der Waals surface area contributed by atoms with E-state index in [9.17, 15) is 18.0 Å². The van der Waals surface area contributed by atoms with Crippen LogP contribution >= 0.6 is 0 Å². The summed E-state index contributed by atoms with van der Waals surface area (Å²) >= 11 is 0. The quantitative estimate of drug-likeness (QED) is 0.524. The van der Waals surface area contributed by atoms with E-state index < -0.39 is 33.3 Å². The molecule has 2 aromatic carbocycles. The smallest absolute Gasteiger partial charge is 0.316 e. The SMILES string of the molecule is CCOC(=O)C(Cc1ccccc1)C(=O)CS(=O)(=O)c1ccc(C)cc1. The van der Waals surface area contributed by atoms with Crippen molar-refractivity contribution in [1.29, 1.82) is 0 Å². The van der Waals surface area contributed by atoms with Gasteiger partial charge < -0.3 is 4.74 Å². The van der Waals surface area contributed by atoms with Crippen LogP contribution in [0.25, 0.3) is 0 Å². The van der Waals surface area contributed by atoms with E-state index in [0.717, 1.165) is 11.1 Å². The van der Waals surface area contributed by atoms with Crippen molar-refractivity contribution in [3.8, 4) is 0 Å². The van der Waals surface area contributed by atoms with E-state index in [4.69, 9.17) is 4.74 Å². The predicted molar refractivity (Wildman–Crippen MR) is 98.5 cm³/mol. The highest BCUT2D eigenvalue weighted by Gasteiger charge is 2.32. The van der Waals surface area contributed by atoms with Gasteiger partial charge in [0.05, 0.1) is 11.5 Å². The Kier molecular flexibility index (Phi) is 6.69. The second-order valence-corrected chi connectivity index (χ2v) is 8.02. The van der Waals surface area contributed by atoms with Crippen molar-refractivity contribution >= 4 is 21.6 Å². The molecule has 1 unspecified atom stereocenters. The van der Waals surface area contributed by atoms with Crippen LogP contribution in [0, 0.1) is 12.8 Å². The topological polar surface area (TPSA) is 77.5 Å². The zero-order chi connectivity index (χ0) is 19.2. The Morgan fingerprint density at radius 1 is 1.00 bits per heavy atom. The lowest BCUT2D eigenvalue weighted by Crippen LogP contribution is -2.32. The highest BCUT2D eigenvalue weighted by molar-refractivity contribution is 7.92. The maximum Gasteiger partial charge on any atom is 0.316 e. The summed E-state index contributed by atoms with van der Waals surface area (Å²) in [5, 5.41) is 0. The molecule has 2 rings (SSSR count). The Labute approximate surface area is 153 Å². The molecule has 26 heavy (non-hydrogen) atoms. The van der Waals surface area contributed by atoms with Gasteiger partial charge in [-0.1, -0.05) is 48.0 Å². The lowest BCUT2D eigenvalue weighted by molar-refractivity contribution is -0.150. The normalized spacial score (nSPS) is 12.4. The molecule has 0 aromatic heterocycles. The van der Waals surface area contributed by atoms with Crippen LogP contribution in [0.5, 0.6) is 0 Å². The minimum absolute atomic E-state index is 0.0683. The van der Waals surface area contributed by atoms with Crippen molar-refractivity contribution in [1.82, 2.24) is 0 Å². The standard InChI is InChI=1S/C20H22O5S/c1-3-25-20(22)18(13-16-7-5-4-6-8-16)19(21)14-26(23,24)17-11-9-15(2)10-12-17/h4-12,18H,3,13-14H2,1-2H3. The van der Waals surface area contributed by atoms with E-state index in [1.807, 2.05) is 13.0 Å². The minimum atomic E-state index is -3.82. The van der Waals surface area contributed by atoms with Crippen molar-refractivity contribution < 1.29 is 22.7 Å². The third-order valence-electron chi connectivity index (χ3n) is 3.95. The highest BCUT2D eigenvalue weighted by atomic mass is 32.2. The van der Waals surface area contributed by atoms with Crippen LogP contribution in [-0.4, -0.2) is 32.5 Å². The molecular weight excluding hydrogens is 352 g/mol. The zero-order valence-electron chi connectivity index (χ0n) is 14.8. The van der Waals surface area contributed by atoms with Crippen molar-refractivity contribution in [3.63, 3.8) is 0 Å². The first-order chi connectivity index (χ1) is 12.3. The molecule has 0 aliphatic heterocycles. The molecule has 0 heterocycles. The molecule has 0 saturated carbocycles. The molecule has 0 bridgehead atoms. The van der Waals surface area contributed by atoms with E-state index in [2.05, 4.69) is 0 Å². The van der Waals surface area contributed by atoms with Gasteiger partial charge in [0.1, 0.15) is 11.7 Å². The second-order valence-electron chi connectivity index (χ2n) is 6.03. The first-order valence-electron chi connectivity index (χ1n) is 8.36. The van der Waals surface area contributed by atoms with Crippen LogP contribution in [0.1, 0.15) is 18.1 Å². The van der Waals surface area contributed by atoms with Gasteiger partial charge in [-0.25, -0.2) is 8.42 Å². The molecule has 0 spiro atoms. The fourth-order valence-electron chi connectivity index (χ4n) is 2.54. The molecule has 1 atom stereocenters. The Bertz CT molecular complexity index is 855. The maximum atomic E-state index is 12.6. The average Bonchev–Trinajstić information content (AvgIpc) is 2.60. The number of hydrogen-bond donors (Lipinski definition) is 0. The monoisotopic (exact) mass is 374 g/mol. The van der Waals surface area contributed by atoms with Crippen LogP contribution in [-0.2, 0) is 30.6 Å². The lowest BCUT2D eigenvalue weighted by atomic mass is 9.96. The van der Waals surface area contributed by atoms with Gasteiger partial charge in [-0.05, 0) is 38.0 Å². The lowest BCUT2D eigenvalue weighted by Gasteiger charge is -2.15. The fraction of sp³-hybridized carbons (Fsp3) is 0.300. The molecule has 138 valence electrons. The summed E-state index contributed by atoms with van der Waals surface area (Å²) < 4.78 is 30.0. The second kappa shape index (κ2) is 8.76. The van der Waals surface area contributed by atoms with Gasteiger partial charge in [0, 0.05) is 0 Å². The maximum absolute atomic E-state index is 12.6. The molecule has 0 amide bonds. The number of aryl methyl sites for hydroxylation is 1. The van der Waals surface area contributed by atoms with E-state index in [-0.39, 0.29) is 17.9 Å². The molecule has 5 nitrogen and oxygen atoms in total. The number of carbonyl (C=O) groups excluding carboxylic acids is 2. The van der Waals surface area contributed by atoms with Gasteiger partial charge >= 0.3 is 5.97 Å². The summed E-state index contributed by atoms with van der Waals surface area (Å²) in [5.74, 6) is -3.22. The van der Waals surface area contributed by atoms with Crippen LogP contribution in [0.2, 0.25) is 0 Å². The van der Waals surface area contributed by atoms with Gasteiger partial charge in [0.25, 0.3) is 0 Å². The molecular formula is C20H22O5S. The summed E-state index contributed by atoms with van der Waals surface area (Å²) in [5.41, 5.74) is 1.69. The van der Waals surface area contributed by atoms with Crippen LogP contribution in [0.3, 0.4) is 0 Å². The van der Waals surface area contributed by atoms with E-state index in [1.54, 1.807) is 43.3 Å². The summed E-state index contributed by atoms with van der Waals surface area (Å²) in [6.07, 6.45) is 0.113. The van der Waals surface area contributed by atoms with E-state index in [0.29, 0.717) is 0 Å². The summed E-state index contributed by atoms with van der Waals surface area (Å²) in [6, 6.07) is 15.3. The molecule has 0 radical (unpaired) electrons. The number of benzene rings is 2. The number of ketones is 1. The fourth-order valence-corrected chi connectivity index (χ4v) is 3.83. The number of ether oxygens (including phenoxy) is 1. The van der Waals surface area contributed by atoms with Gasteiger partial charge in [-0.15, -0.1) is 0 Å². The summed E-state index contributed by atoms with van der Waals surface area (Å²) in [4.78, 5) is 24.9. The molecule has 2 aromatic rings. The zero-order valence-corrected chi connectivity index (χ0v) is 15.7. The van der Waals surface area contributed by atoms with E-state index >= 15 is 0 Å². The molecule has 6 heteroatoms. The summed E-state index contributed by atoms with van der Waals surface area (Å²) in [7, 11) is -3.82. The molecule has 0 fully saturated rings. The van der Waals surface area contributed by atoms with E-state index in [1.165, 1.54) is 12.1 Å². The van der Waals surface area contributed by atoms with Crippen molar-refractivity contribution in [2.45, 2.75) is 25.2 Å². The Balaban J connectivity index is 2.22. The van der Waals surface area contributed by atoms with Crippen molar-refractivity contribution in [2.24, 2.45) is 5.92 Å². The Hall–Kier alpha value is -2.47. The van der Waals surface area contributed by atoms with Gasteiger partial charge in [-0.3, -0.25) is 9.59 Å². The number of rotatable bonds is 8. The van der Waals surface area contributed by atoms with Crippen LogP contribution in [0.15, 0.2) is 59.5 Å². The average molecular weight is 374 g/mol. The number of sulfone groups is 1. The first-order valence-corrected chi connectivity index (χ1v) is 10.0. The van der Waals surface area contributed by atoms with Crippen molar-refractivity contribution in [3.05, 3.63) is 65.7 Å². The number of Topliss-reactive ketones (excluding diaryl/α,β-unsaturated/α-hetero) is 1. The van der Waals surface area contributed by atoms with Gasteiger partial charge in [0.15, 0.2) is 15.6 Å². The number of carbonyl (C=O) groups is 2.